The van der Waals surface area contributed by atoms with Gasteiger partial charge in [-0.3, -0.25) is 0 Å². The van der Waals surface area contributed by atoms with E-state index in [9.17, 15) is 4.79 Å². The minimum absolute atomic E-state index is 0. The summed E-state index contributed by atoms with van der Waals surface area (Å²) in [7, 11) is 0. The topological polar surface area (TPSA) is 41.2 Å². The van der Waals surface area contributed by atoms with E-state index in [4.69, 9.17) is 5.11 Å². The zero-order valence-electron chi connectivity index (χ0n) is 8.83. The fourth-order valence-corrected chi connectivity index (χ4v) is 3.45. The van der Waals surface area contributed by atoms with E-state index in [0.29, 0.717) is 6.54 Å². The quantitative estimate of drug-likeness (QED) is 0.529. The predicted octanol–water partition coefficient (Wildman–Crippen LogP) is 3.72. The summed E-state index contributed by atoms with van der Waals surface area (Å²) in [4.78, 5) is 10.7. The average Bonchev–Trinajstić information content (AvgIpc) is 2.57. The number of rotatable bonds is 3. The molecule has 0 aliphatic heterocycles. The Bertz CT molecular complexity index is 553. The number of benzene rings is 1. The van der Waals surface area contributed by atoms with Crippen molar-refractivity contribution in [3.63, 3.8) is 0 Å². The smallest absolute Gasteiger partial charge is 0.376 e. The van der Waals surface area contributed by atoms with Crippen molar-refractivity contribution in [1.82, 2.24) is 0 Å². The number of aromatic nitrogens is 1. The van der Waals surface area contributed by atoms with Gasteiger partial charge in [0.2, 0.25) is 5.52 Å². The molecule has 3 nitrogen and oxygen atoms in total. The van der Waals surface area contributed by atoms with Crippen molar-refractivity contribution in [2.45, 2.75) is 10.9 Å². The number of thiazole rings is 1. The number of hydrogen-bond acceptors (Lipinski definition) is 3. The van der Waals surface area contributed by atoms with Crippen LogP contribution in [0.1, 0.15) is 0 Å². The largest absolute Gasteiger partial charge is 0.473 e. The van der Waals surface area contributed by atoms with Crippen LogP contribution < -0.4 is 4.57 Å². The molecule has 2 rings (SSSR count). The first kappa shape index (κ1) is 14.2. The molecule has 1 aromatic carbocycles. The summed E-state index contributed by atoms with van der Waals surface area (Å²) >= 11 is 2.33. The summed E-state index contributed by atoms with van der Waals surface area (Å²) in [6, 6.07) is 7.88. The number of para-hydroxylation sites is 1. The molecular formula is C11H11BrNO2S2+. The Morgan fingerprint density at radius 3 is 2.88 bits per heavy atom. The Morgan fingerprint density at radius 1 is 1.53 bits per heavy atom. The molecule has 0 fully saturated rings. The lowest BCUT2D eigenvalue weighted by Gasteiger charge is -1.92. The van der Waals surface area contributed by atoms with E-state index in [2.05, 4.69) is 6.58 Å². The van der Waals surface area contributed by atoms with Gasteiger partial charge in [0.05, 0.1) is 11.8 Å². The van der Waals surface area contributed by atoms with Crippen LogP contribution in [-0.4, -0.2) is 10.4 Å². The van der Waals surface area contributed by atoms with Crippen molar-refractivity contribution in [2.75, 3.05) is 0 Å². The number of fused-ring (bicyclic) bond motifs is 1. The molecule has 1 N–H and O–H groups in total. The van der Waals surface area contributed by atoms with Gasteiger partial charge in [0.25, 0.3) is 0 Å². The molecule has 1 aromatic heterocycles. The molecule has 6 heteroatoms. The minimum atomic E-state index is -0.885. The molecule has 0 amide bonds. The Balaban J connectivity index is 0.00000144. The van der Waals surface area contributed by atoms with Gasteiger partial charge in [-0.15, -0.1) is 17.0 Å². The highest BCUT2D eigenvalue weighted by Gasteiger charge is 2.22. The first-order valence-corrected chi connectivity index (χ1v) is 6.28. The number of thioether (sulfide) groups is 1. The Labute approximate surface area is 118 Å². The van der Waals surface area contributed by atoms with Gasteiger partial charge in [-0.2, -0.15) is 4.57 Å². The van der Waals surface area contributed by atoms with Crippen LogP contribution >= 0.6 is 40.1 Å². The highest BCUT2D eigenvalue weighted by Crippen LogP contribution is 2.28. The van der Waals surface area contributed by atoms with Gasteiger partial charge < -0.3 is 5.11 Å². The molecule has 90 valence electrons. The van der Waals surface area contributed by atoms with E-state index < -0.39 is 5.30 Å². The van der Waals surface area contributed by atoms with E-state index in [1.165, 1.54) is 11.3 Å². The Hall–Kier alpha value is -0.850. The van der Waals surface area contributed by atoms with E-state index in [-0.39, 0.29) is 17.0 Å². The second-order valence-electron chi connectivity index (χ2n) is 3.10. The second-order valence-corrected chi connectivity index (χ2v) is 5.33. The summed E-state index contributed by atoms with van der Waals surface area (Å²) < 4.78 is 3.83. The predicted molar refractivity (Wildman–Crippen MR) is 76.4 cm³/mol. The minimum Gasteiger partial charge on any atom is -0.473 e. The first-order valence-electron chi connectivity index (χ1n) is 4.65. The van der Waals surface area contributed by atoms with E-state index in [1.54, 1.807) is 6.08 Å². The number of carboxylic acid groups (broad SMARTS) is 1. The number of halogens is 1. The van der Waals surface area contributed by atoms with Crippen molar-refractivity contribution in [2.24, 2.45) is 0 Å². The van der Waals surface area contributed by atoms with Crippen LogP contribution in [0.25, 0.3) is 10.2 Å². The normalized spacial score (nSPS) is 9.88. The molecule has 2 aromatic rings. The third kappa shape index (κ3) is 3.08. The SMILES string of the molecule is Br.C=CC[n+]1c(SC(=O)O)sc2ccccc21. The lowest BCUT2D eigenvalue weighted by Crippen LogP contribution is -2.33. The van der Waals surface area contributed by atoms with Gasteiger partial charge in [-0.25, -0.2) is 4.79 Å². The molecule has 17 heavy (non-hydrogen) atoms. The molecule has 0 unspecified atom stereocenters. The second kappa shape index (κ2) is 6.18. The van der Waals surface area contributed by atoms with E-state index in [1.807, 2.05) is 28.8 Å². The number of allylic oxidation sites excluding steroid dienone is 1. The lowest BCUT2D eigenvalue weighted by molar-refractivity contribution is -0.692. The van der Waals surface area contributed by atoms with Crippen LogP contribution in [0.2, 0.25) is 0 Å². The Morgan fingerprint density at radius 2 is 2.24 bits per heavy atom. The maximum atomic E-state index is 10.7. The van der Waals surface area contributed by atoms with E-state index >= 15 is 0 Å². The Kier molecular flexibility index (Phi) is 5.17. The third-order valence-corrected chi connectivity index (χ3v) is 4.09. The highest BCUT2D eigenvalue weighted by molar-refractivity contribution is 8.93. The first-order chi connectivity index (χ1) is 7.72. The van der Waals surface area contributed by atoms with Gasteiger partial charge in [0, 0.05) is 6.07 Å². The zero-order chi connectivity index (χ0) is 11.5. The fourth-order valence-electron chi connectivity index (χ4n) is 1.47. The molecule has 0 aliphatic rings. The molecule has 0 radical (unpaired) electrons. The van der Waals surface area contributed by atoms with Gasteiger partial charge in [-0.1, -0.05) is 30.0 Å². The van der Waals surface area contributed by atoms with Crippen molar-refractivity contribution < 1.29 is 14.5 Å². The van der Waals surface area contributed by atoms with Gasteiger partial charge in [0.1, 0.15) is 4.70 Å². The third-order valence-electron chi connectivity index (χ3n) is 2.06. The highest BCUT2D eigenvalue weighted by atomic mass is 79.9. The van der Waals surface area contributed by atoms with Gasteiger partial charge in [-0.05, 0) is 12.1 Å². The zero-order valence-corrected chi connectivity index (χ0v) is 12.2. The van der Waals surface area contributed by atoms with Crippen LogP contribution in [-0.2, 0) is 6.54 Å². The molecule has 1 heterocycles. The van der Waals surface area contributed by atoms with Gasteiger partial charge in [0.15, 0.2) is 6.54 Å². The van der Waals surface area contributed by atoms with Crippen molar-refractivity contribution in [3.8, 4) is 0 Å². The van der Waals surface area contributed by atoms with E-state index in [0.717, 1.165) is 26.3 Å². The molecular weight excluding hydrogens is 322 g/mol. The number of hydrogen-bond donors (Lipinski definition) is 1. The van der Waals surface area contributed by atoms with Crippen LogP contribution in [0.5, 0.6) is 0 Å². The molecule has 0 spiro atoms. The van der Waals surface area contributed by atoms with Gasteiger partial charge >= 0.3 is 9.64 Å². The molecule has 0 bridgehead atoms. The maximum absolute atomic E-state index is 10.7. The van der Waals surface area contributed by atoms with Crippen LogP contribution in [0.15, 0.2) is 41.3 Å². The van der Waals surface area contributed by atoms with Crippen molar-refractivity contribution in [3.05, 3.63) is 36.9 Å². The molecule has 0 saturated heterocycles. The average molecular weight is 333 g/mol. The van der Waals surface area contributed by atoms with Crippen LogP contribution in [0, 0.1) is 0 Å². The summed E-state index contributed by atoms with van der Waals surface area (Å²) in [6.07, 6.45) is 1.77. The molecule has 0 atom stereocenters. The fraction of sp³-hybridized carbons (Fsp3) is 0.0909. The summed E-state index contributed by atoms with van der Waals surface area (Å²) in [5, 5.41) is 7.93. The lowest BCUT2D eigenvalue weighted by atomic mass is 10.3. The summed E-state index contributed by atoms with van der Waals surface area (Å²) in [5.74, 6) is 0. The standard InChI is InChI=1S/C11H9NO2S2.BrH/c1-2-7-12-8-5-3-4-6-9(8)15-10(12)16-11(13)14;/h2-6H,1,7H2;1H/p+1. The van der Waals surface area contributed by atoms with Crippen LogP contribution in [0.4, 0.5) is 4.79 Å². The summed E-state index contributed by atoms with van der Waals surface area (Å²) in [6.45, 7) is 4.31. The summed E-state index contributed by atoms with van der Waals surface area (Å²) in [5.41, 5.74) is 1.05. The van der Waals surface area contributed by atoms with Crippen molar-refractivity contribution in [1.29, 1.82) is 0 Å². The maximum Gasteiger partial charge on any atom is 0.376 e. The molecule has 0 aliphatic carbocycles. The molecule has 0 saturated carbocycles. The number of carbonyl (C=O) groups is 1. The van der Waals surface area contributed by atoms with Crippen LogP contribution in [0.3, 0.4) is 0 Å². The number of nitrogens with zero attached hydrogens (tertiary/aromatic N) is 1. The van der Waals surface area contributed by atoms with Crippen molar-refractivity contribution >= 4 is 55.6 Å². The monoisotopic (exact) mass is 332 g/mol.